The number of morpholine rings is 1. The Bertz CT molecular complexity index is 547. The Hall–Kier alpha value is -0.540. The van der Waals surface area contributed by atoms with Gasteiger partial charge >= 0.3 is 0 Å². The van der Waals surface area contributed by atoms with Gasteiger partial charge < -0.3 is 10.1 Å². The summed E-state index contributed by atoms with van der Waals surface area (Å²) in [6, 6.07) is 3.68. The van der Waals surface area contributed by atoms with Gasteiger partial charge in [-0.15, -0.1) is 0 Å². The van der Waals surface area contributed by atoms with E-state index in [0.717, 1.165) is 12.6 Å². The van der Waals surface area contributed by atoms with Crippen molar-refractivity contribution in [1.29, 1.82) is 0 Å². The Labute approximate surface area is 119 Å². The maximum atomic E-state index is 13.3. The van der Waals surface area contributed by atoms with Gasteiger partial charge in [0, 0.05) is 19.6 Å². The summed E-state index contributed by atoms with van der Waals surface area (Å²) in [6.45, 7) is 2.07. The first kappa shape index (κ1) is 14.9. The topological polar surface area (TPSA) is 67.4 Å². The van der Waals surface area contributed by atoms with E-state index in [1.165, 1.54) is 12.1 Å². The molecule has 1 aliphatic rings. The lowest BCUT2D eigenvalue weighted by Crippen LogP contribution is -2.45. The molecule has 8 heteroatoms. The second kappa shape index (κ2) is 6.27. The number of halogens is 2. The molecule has 1 aromatic carbocycles. The number of ether oxygens (including phenoxy) is 1. The summed E-state index contributed by atoms with van der Waals surface area (Å²) in [4.78, 5) is -0.100. The van der Waals surface area contributed by atoms with Crippen molar-refractivity contribution in [1.82, 2.24) is 10.0 Å². The van der Waals surface area contributed by atoms with Crippen molar-refractivity contribution in [3.8, 4) is 0 Å². The molecule has 1 atom stereocenters. The Morgan fingerprint density at radius 1 is 1.53 bits per heavy atom. The molecule has 1 aromatic rings. The molecule has 1 heterocycles. The molecule has 0 spiro atoms. The summed E-state index contributed by atoms with van der Waals surface area (Å²) in [6.07, 6.45) is -0.205. The van der Waals surface area contributed by atoms with Crippen LogP contribution in [0.3, 0.4) is 0 Å². The van der Waals surface area contributed by atoms with Crippen molar-refractivity contribution in [2.75, 3.05) is 26.2 Å². The molecule has 0 aliphatic carbocycles. The fraction of sp³-hybridized carbons (Fsp3) is 0.455. The van der Waals surface area contributed by atoms with E-state index < -0.39 is 15.8 Å². The number of hydrogen-bond acceptors (Lipinski definition) is 4. The molecule has 5 nitrogen and oxygen atoms in total. The van der Waals surface area contributed by atoms with E-state index in [4.69, 9.17) is 4.74 Å². The molecular formula is C11H14BrFN2O3S. The maximum Gasteiger partial charge on any atom is 0.240 e. The van der Waals surface area contributed by atoms with E-state index >= 15 is 0 Å². The van der Waals surface area contributed by atoms with Crippen LogP contribution in [0.5, 0.6) is 0 Å². The van der Waals surface area contributed by atoms with Crippen LogP contribution in [-0.4, -0.2) is 40.8 Å². The maximum absolute atomic E-state index is 13.3. The van der Waals surface area contributed by atoms with Crippen LogP contribution in [-0.2, 0) is 14.8 Å². The van der Waals surface area contributed by atoms with Gasteiger partial charge in [-0.3, -0.25) is 0 Å². The van der Waals surface area contributed by atoms with Crippen LogP contribution >= 0.6 is 15.9 Å². The number of benzene rings is 1. The van der Waals surface area contributed by atoms with E-state index in [0.29, 0.717) is 13.2 Å². The minimum Gasteiger partial charge on any atom is -0.374 e. The van der Waals surface area contributed by atoms with E-state index in [2.05, 4.69) is 26.0 Å². The Morgan fingerprint density at radius 3 is 2.95 bits per heavy atom. The summed E-state index contributed by atoms with van der Waals surface area (Å²) in [5.74, 6) is -0.613. The van der Waals surface area contributed by atoms with Gasteiger partial charge in [-0.1, -0.05) is 0 Å². The molecule has 0 aromatic heterocycles. The number of hydrogen-bond donors (Lipinski definition) is 2. The van der Waals surface area contributed by atoms with Crippen molar-refractivity contribution in [2.45, 2.75) is 11.0 Å². The predicted molar refractivity (Wildman–Crippen MR) is 71.9 cm³/mol. The molecule has 0 saturated carbocycles. The van der Waals surface area contributed by atoms with E-state index in [-0.39, 0.29) is 22.0 Å². The van der Waals surface area contributed by atoms with Crippen molar-refractivity contribution >= 4 is 26.0 Å². The third-order valence-electron chi connectivity index (χ3n) is 2.71. The van der Waals surface area contributed by atoms with Crippen LogP contribution in [0.15, 0.2) is 27.6 Å². The zero-order chi connectivity index (χ0) is 13.9. The average molecular weight is 353 g/mol. The second-order valence-electron chi connectivity index (χ2n) is 4.12. The van der Waals surface area contributed by atoms with Gasteiger partial charge in [-0.25, -0.2) is 17.5 Å². The molecule has 0 radical (unpaired) electrons. The first-order valence-corrected chi connectivity index (χ1v) is 8.04. The highest BCUT2D eigenvalue weighted by Crippen LogP contribution is 2.19. The van der Waals surface area contributed by atoms with Gasteiger partial charge in [-0.2, -0.15) is 0 Å². The van der Waals surface area contributed by atoms with Crippen LogP contribution in [0.4, 0.5) is 4.39 Å². The lowest BCUT2D eigenvalue weighted by molar-refractivity contribution is 0.0324. The molecule has 1 unspecified atom stereocenters. The third kappa shape index (κ3) is 3.96. The Balaban J connectivity index is 2.02. The highest BCUT2D eigenvalue weighted by molar-refractivity contribution is 9.10. The highest BCUT2D eigenvalue weighted by Gasteiger charge is 2.19. The zero-order valence-electron chi connectivity index (χ0n) is 10.0. The standard InChI is InChI=1S/C11H14BrFN2O3S/c12-10-2-1-9(5-11(10)13)19(16,17)15-7-8-6-14-3-4-18-8/h1-2,5,8,14-15H,3-4,6-7H2. The number of nitrogens with one attached hydrogen (secondary N) is 2. The van der Waals surface area contributed by atoms with E-state index in [1.54, 1.807) is 0 Å². The molecule has 1 fully saturated rings. The molecule has 0 amide bonds. The van der Waals surface area contributed by atoms with Crippen LogP contribution in [0.1, 0.15) is 0 Å². The summed E-state index contributed by atoms with van der Waals surface area (Å²) < 4.78 is 45.3. The summed E-state index contributed by atoms with van der Waals surface area (Å²) in [7, 11) is -3.72. The van der Waals surface area contributed by atoms with E-state index in [1.807, 2.05) is 0 Å². The Morgan fingerprint density at radius 2 is 2.32 bits per heavy atom. The van der Waals surface area contributed by atoms with Gasteiger partial charge in [0.1, 0.15) is 5.82 Å². The van der Waals surface area contributed by atoms with Gasteiger partial charge in [0.2, 0.25) is 10.0 Å². The van der Waals surface area contributed by atoms with Gasteiger partial charge in [0.25, 0.3) is 0 Å². The fourth-order valence-electron chi connectivity index (χ4n) is 1.68. The monoisotopic (exact) mass is 352 g/mol. The van der Waals surface area contributed by atoms with Crippen LogP contribution < -0.4 is 10.0 Å². The first-order chi connectivity index (χ1) is 8.99. The van der Waals surface area contributed by atoms with Gasteiger partial charge in [0.05, 0.1) is 22.1 Å². The summed E-state index contributed by atoms with van der Waals surface area (Å²) in [5.41, 5.74) is 0. The van der Waals surface area contributed by atoms with Crippen molar-refractivity contribution in [3.63, 3.8) is 0 Å². The second-order valence-corrected chi connectivity index (χ2v) is 6.75. The number of sulfonamides is 1. The lowest BCUT2D eigenvalue weighted by Gasteiger charge is -2.23. The highest BCUT2D eigenvalue weighted by atomic mass is 79.9. The zero-order valence-corrected chi connectivity index (χ0v) is 12.4. The largest absolute Gasteiger partial charge is 0.374 e. The van der Waals surface area contributed by atoms with Gasteiger partial charge in [-0.05, 0) is 34.1 Å². The van der Waals surface area contributed by atoms with Crippen LogP contribution in [0.2, 0.25) is 0 Å². The fourth-order valence-corrected chi connectivity index (χ4v) is 3.01. The summed E-state index contributed by atoms with van der Waals surface area (Å²) >= 11 is 2.98. The molecule has 106 valence electrons. The van der Waals surface area contributed by atoms with Crippen molar-refractivity contribution in [3.05, 3.63) is 28.5 Å². The average Bonchev–Trinajstić information content (AvgIpc) is 2.41. The normalized spacial score (nSPS) is 20.4. The molecule has 0 bridgehead atoms. The summed E-state index contributed by atoms with van der Waals surface area (Å²) in [5, 5.41) is 3.10. The van der Waals surface area contributed by atoms with Crippen LogP contribution in [0.25, 0.3) is 0 Å². The molecule has 2 rings (SSSR count). The SMILES string of the molecule is O=S(=O)(NCC1CNCCO1)c1ccc(Br)c(F)c1. The van der Waals surface area contributed by atoms with E-state index in [9.17, 15) is 12.8 Å². The minimum absolute atomic E-state index is 0.100. The minimum atomic E-state index is -3.72. The quantitative estimate of drug-likeness (QED) is 0.843. The molecule has 2 N–H and O–H groups in total. The number of rotatable bonds is 4. The first-order valence-electron chi connectivity index (χ1n) is 5.76. The van der Waals surface area contributed by atoms with Crippen LogP contribution in [0, 0.1) is 5.82 Å². The van der Waals surface area contributed by atoms with Crippen molar-refractivity contribution < 1.29 is 17.5 Å². The lowest BCUT2D eigenvalue weighted by atomic mass is 10.3. The molecule has 19 heavy (non-hydrogen) atoms. The van der Waals surface area contributed by atoms with Crippen molar-refractivity contribution in [2.24, 2.45) is 0 Å². The third-order valence-corrected chi connectivity index (χ3v) is 4.77. The molecular weight excluding hydrogens is 339 g/mol. The molecule has 1 aliphatic heterocycles. The smallest absolute Gasteiger partial charge is 0.240 e. The predicted octanol–water partition coefficient (Wildman–Crippen LogP) is 0.855. The van der Waals surface area contributed by atoms with Gasteiger partial charge in [0.15, 0.2) is 0 Å². The molecule has 1 saturated heterocycles. The Kier molecular flexibility index (Phi) is 4.91.